The monoisotopic (exact) mass is 273 g/mol. The standard InChI is InChI=1S/C16H23N3O/c1-10-5-4-6-14-15(10)13(9-19-14)7-8-18-16(20)11(2)12(3)17/h4-6,9,11-12,19H,7-8,17H2,1-3H3,(H,18,20). The smallest absolute Gasteiger partial charge is 0.224 e. The summed E-state index contributed by atoms with van der Waals surface area (Å²) in [6.45, 7) is 6.46. The van der Waals surface area contributed by atoms with E-state index in [1.165, 1.54) is 16.5 Å². The van der Waals surface area contributed by atoms with Gasteiger partial charge in [0.25, 0.3) is 0 Å². The fraction of sp³-hybridized carbons (Fsp3) is 0.438. The lowest BCUT2D eigenvalue weighted by atomic mass is 10.0. The summed E-state index contributed by atoms with van der Waals surface area (Å²) in [5.41, 5.74) is 9.38. The molecule has 20 heavy (non-hydrogen) atoms. The Labute approximate surface area is 119 Å². The molecule has 0 aliphatic carbocycles. The number of benzene rings is 1. The van der Waals surface area contributed by atoms with Crippen LogP contribution in [0.2, 0.25) is 0 Å². The average molecular weight is 273 g/mol. The largest absolute Gasteiger partial charge is 0.361 e. The van der Waals surface area contributed by atoms with E-state index in [9.17, 15) is 4.79 Å². The number of aromatic nitrogens is 1. The van der Waals surface area contributed by atoms with Gasteiger partial charge in [-0.2, -0.15) is 0 Å². The molecule has 1 heterocycles. The molecular formula is C16H23N3O. The minimum absolute atomic E-state index is 0.0246. The number of rotatable bonds is 5. The maximum absolute atomic E-state index is 11.8. The molecule has 2 aromatic rings. The number of carbonyl (C=O) groups excluding carboxylic acids is 1. The van der Waals surface area contributed by atoms with Gasteiger partial charge in [-0.1, -0.05) is 19.1 Å². The second-order valence-electron chi connectivity index (χ2n) is 5.50. The molecule has 0 aliphatic heterocycles. The number of fused-ring (bicyclic) bond motifs is 1. The number of amides is 1. The Balaban J connectivity index is 1.99. The molecule has 0 fully saturated rings. The minimum atomic E-state index is -0.153. The van der Waals surface area contributed by atoms with Gasteiger partial charge in [-0.3, -0.25) is 4.79 Å². The topological polar surface area (TPSA) is 70.9 Å². The summed E-state index contributed by atoms with van der Waals surface area (Å²) in [5, 5.41) is 4.22. The molecular weight excluding hydrogens is 250 g/mol. The molecule has 1 aromatic carbocycles. The van der Waals surface area contributed by atoms with Crippen LogP contribution in [0.1, 0.15) is 25.0 Å². The zero-order chi connectivity index (χ0) is 14.7. The van der Waals surface area contributed by atoms with Gasteiger partial charge in [-0.25, -0.2) is 0 Å². The average Bonchev–Trinajstić information content (AvgIpc) is 2.82. The van der Waals surface area contributed by atoms with Crippen molar-refractivity contribution in [3.8, 4) is 0 Å². The van der Waals surface area contributed by atoms with Crippen molar-refractivity contribution >= 4 is 16.8 Å². The molecule has 2 rings (SSSR count). The van der Waals surface area contributed by atoms with E-state index in [0.717, 1.165) is 11.9 Å². The zero-order valence-corrected chi connectivity index (χ0v) is 12.4. The van der Waals surface area contributed by atoms with Crippen LogP contribution in [0.3, 0.4) is 0 Å². The highest BCUT2D eigenvalue weighted by molar-refractivity contribution is 5.86. The number of aryl methyl sites for hydroxylation is 1. The Morgan fingerprint density at radius 1 is 1.40 bits per heavy atom. The number of aromatic amines is 1. The second-order valence-corrected chi connectivity index (χ2v) is 5.50. The molecule has 0 saturated carbocycles. The predicted molar refractivity (Wildman–Crippen MR) is 82.6 cm³/mol. The Morgan fingerprint density at radius 2 is 2.15 bits per heavy atom. The van der Waals surface area contributed by atoms with Crippen molar-refractivity contribution in [2.75, 3.05) is 6.54 Å². The number of H-pyrrole nitrogens is 1. The molecule has 0 aliphatic rings. The number of nitrogens with one attached hydrogen (secondary N) is 2. The maximum Gasteiger partial charge on any atom is 0.224 e. The molecule has 2 unspecified atom stereocenters. The molecule has 0 bridgehead atoms. The number of hydrogen-bond acceptors (Lipinski definition) is 2. The van der Waals surface area contributed by atoms with Gasteiger partial charge < -0.3 is 16.0 Å². The first kappa shape index (κ1) is 14.6. The van der Waals surface area contributed by atoms with Crippen LogP contribution in [0, 0.1) is 12.8 Å². The van der Waals surface area contributed by atoms with Gasteiger partial charge in [0, 0.05) is 35.6 Å². The zero-order valence-electron chi connectivity index (χ0n) is 12.4. The third kappa shape index (κ3) is 3.02. The fourth-order valence-corrected chi connectivity index (χ4v) is 2.37. The molecule has 1 amide bonds. The Morgan fingerprint density at radius 3 is 2.85 bits per heavy atom. The second kappa shape index (κ2) is 6.09. The third-order valence-electron chi connectivity index (χ3n) is 3.89. The van der Waals surface area contributed by atoms with E-state index in [1.54, 1.807) is 0 Å². The number of carbonyl (C=O) groups is 1. The first-order valence-electron chi connectivity index (χ1n) is 7.09. The van der Waals surface area contributed by atoms with Gasteiger partial charge in [0.1, 0.15) is 0 Å². The molecule has 4 N–H and O–H groups in total. The summed E-state index contributed by atoms with van der Waals surface area (Å²) >= 11 is 0. The quantitative estimate of drug-likeness (QED) is 0.781. The van der Waals surface area contributed by atoms with Crippen LogP contribution in [0.4, 0.5) is 0 Å². The Kier molecular flexibility index (Phi) is 4.45. The lowest BCUT2D eigenvalue weighted by Gasteiger charge is -2.15. The Bertz CT molecular complexity index is 601. The molecule has 1 aromatic heterocycles. The molecule has 4 heteroatoms. The summed E-state index contributed by atoms with van der Waals surface area (Å²) in [7, 11) is 0. The van der Waals surface area contributed by atoms with E-state index in [4.69, 9.17) is 5.73 Å². The Hall–Kier alpha value is -1.81. The fourth-order valence-electron chi connectivity index (χ4n) is 2.37. The highest BCUT2D eigenvalue weighted by Crippen LogP contribution is 2.22. The van der Waals surface area contributed by atoms with Crippen LogP contribution in [0.25, 0.3) is 10.9 Å². The summed E-state index contributed by atoms with van der Waals surface area (Å²) in [4.78, 5) is 15.1. The molecule has 0 saturated heterocycles. The normalized spacial score (nSPS) is 14.2. The van der Waals surface area contributed by atoms with E-state index in [1.807, 2.05) is 26.1 Å². The van der Waals surface area contributed by atoms with Crippen molar-refractivity contribution in [2.24, 2.45) is 11.7 Å². The predicted octanol–water partition coefficient (Wildman–Crippen LogP) is 2.12. The summed E-state index contributed by atoms with van der Waals surface area (Å²) in [6.07, 6.45) is 2.85. The van der Waals surface area contributed by atoms with E-state index >= 15 is 0 Å². The summed E-state index contributed by atoms with van der Waals surface area (Å²) in [5.74, 6) is -0.128. The van der Waals surface area contributed by atoms with Crippen LogP contribution in [0.15, 0.2) is 24.4 Å². The highest BCUT2D eigenvalue weighted by Gasteiger charge is 2.16. The van der Waals surface area contributed by atoms with Gasteiger partial charge in [0.05, 0.1) is 0 Å². The molecule has 0 spiro atoms. The molecule has 4 nitrogen and oxygen atoms in total. The van der Waals surface area contributed by atoms with Crippen molar-refractivity contribution in [3.63, 3.8) is 0 Å². The molecule has 2 atom stereocenters. The van der Waals surface area contributed by atoms with Crippen molar-refractivity contribution in [2.45, 2.75) is 33.2 Å². The number of hydrogen-bond donors (Lipinski definition) is 3. The number of nitrogens with two attached hydrogens (primary N) is 1. The van der Waals surface area contributed by atoms with Crippen molar-refractivity contribution < 1.29 is 4.79 Å². The van der Waals surface area contributed by atoms with Crippen LogP contribution in [0.5, 0.6) is 0 Å². The van der Waals surface area contributed by atoms with Gasteiger partial charge in [0.2, 0.25) is 5.91 Å². The van der Waals surface area contributed by atoms with Crippen LogP contribution < -0.4 is 11.1 Å². The van der Waals surface area contributed by atoms with Gasteiger partial charge in [0.15, 0.2) is 0 Å². The first-order chi connectivity index (χ1) is 9.50. The SMILES string of the molecule is Cc1cccc2[nH]cc(CCNC(=O)C(C)C(C)N)c12. The van der Waals surface area contributed by atoms with E-state index in [0.29, 0.717) is 6.54 Å². The van der Waals surface area contributed by atoms with E-state index in [2.05, 4.69) is 29.4 Å². The summed E-state index contributed by atoms with van der Waals surface area (Å²) in [6, 6.07) is 6.11. The van der Waals surface area contributed by atoms with E-state index in [-0.39, 0.29) is 17.9 Å². The lowest BCUT2D eigenvalue weighted by Crippen LogP contribution is -2.39. The van der Waals surface area contributed by atoms with Crippen molar-refractivity contribution in [1.82, 2.24) is 10.3 Å². The first-order valence-corrected chi connectivity index (χ1v) is 7.09. The van der Waals surface area contributed by atoms with Crippen molar-refractivity contribution in [3.05, 3.63) is 35.5 Å². The van der Waals surface area contributed by atoms with Gasteiger partial charge >= 0.3 is 0 Å². The highest BCUT2D eigenvalue weighted by atomic mass is 16.1. The molecule has 108 valence electrons. The van der Waals surface area contributed by atoms with Gasteiger partial charge in [-0.15, -0.1) is 0 Å². The summed E-state index contributed by atoms with van der Waals surface area (Å²) < 4.78 is 0. The van der Waals surface area contributed by atoms with Crippen LogP contribution in [-0.4, -0.2) is 23.5 Å². The van der Waals surface area contributed by atoms with Crippen molar-refractivity contribution in [1.29, 1.82) is 0 Å². The third-order valence-corrected chi connectivity index (χ3v) is 3.89. The van der Waals surface area contributed by atoms with Crippen LogP contribution in [-0.2, 0) is 11.2 Å². The van der Waals surface area contributed by atoms with Crippen LogP contribution >= 0.6 is 0 Å². The van der Waals surface area contributed by atoms with E-state index < -0.39 is 0 Å². The minimum Gasteiger partial charge on any atom is -0.361 e. The maximum atomic E-state index is 11.8. The van der Waals surface area contributed by atoms with Gasteiger partial charge in [-0.05, 0) is 37.5 Å². The lowest BCUT2D eigenvalue weighted by molar-refractivity contribution is -0.124. The molecule has 0 radical (unpaired) electrons.